The van der Waals surface area contributed by atoms with E-state index in [9.17, 15) is 9.59 Å². The summed E-state index contributed by atoms with van der Waals surface area (Å²) in [5.41, 5.74) is 2.69. The number of hydrogen-bond donors (Lipinski definition) is 2. The van der Waals surface area contributed by atoms with E-state index in [1.807, 2.05) is 26.1 Å². The summed E-state index contributed by atoms with van der Waals surface area (Å²) in [6, 6.07) is 8.96. The molecule has 27 heavy (non-hydrogen) atoms. The third kappa shape index (κ3) is 4.51. The van der Waals surface area contributed by atoms with Crippen LogP contribution in [0, 0.1) is 6.92 Å². The van der Waals surface area contributed by atoms with E-state index in [1.54, 1.807) is 29.1 Å². The van der Waals surface area contributed by atoms with Crippen LogP contribution in [0.15, 0.2) is 41.0 Å². The zero-order valence-corrected chi connectivity index (χ0v) is 16.7. The Morgan fingerprint density at radius 2 is 1.70 bits per heavy atom. The second kappa shape index (κ2) is 8.30. The number of carbonyl (C=O) groups is 2. The molecular weight excluding hydrogens is 410 g/mol. The average Bonchev–Trinajstić information content (AvgIpc) is 2.95. The van der Waals surface area contributed by atoms with Crippen molar-refractivity contribution in [2.24, 2.45) is 7.05 Å². The summed E-state index contributed by atoms with van der Waals surface area (Å²) in [5, 5.41) is 10.9. The summed E-state index contributed by atoms with van der Waals surface area (Å²) in [5.74, 6) is -0.317. The quantitative estimate of drug-likeness (QED) is 0.589. The molecule has 2 heterocycles. The van der Waals surface area contributed by atoms with Crippen LogP contribution in [-0.4, -0.2) is 39.7 Å². The molecule has 8 heteroatoms. The topological polar surface area (TPSA) is 88.9 Å². The van der Waals surface area contributed by atoms with Crippen LogP contribution in [0.1, 0.15) is 32.8 Å². The fourth-order valence-electron chi connectivity index (χ4n) is 2.73. The molecule has 2 aromatic heterocycles. The third-order valence-electron chi connectivity index (χ3n) is 4.16. The molecule has 7 nitrogen and oxygen atoms in total. The van der Waals surface area contributed by atoms with E-state index in [4.69, 9.17) is 0 Å². The first kappa shape index (κ1) is 19.0. The van der Waals surface area contributed by atoms with Crippen molar-refractivity contribution < 1.29 is 9.59 Å². The van der Waals surface area contributed by atoms with Crippen LogP contribution < -0.4 is 10.6 Å². The molecule has 0 atom stereocenters. The SMILES string of the molecule is Cc1nn(C)c2ncc(C(=O)NCCCNC(=O)c3ccc(Br)cc3)cc12. The molecule has 0 aliphatic rings. The number of rotatable bonds is 6. The van der Waals surface area contributed by atoms with Gasteiger partial charge in [-0.15, -0.1) is 0 Å². The summed E-state index contributed by atoms with van der Waals surface area (Å²) in [6.07, 6.45) is 2.18. The first-order chi connectivity index (χ1) is 13.0. The van der Waals surface area contributed by atoms with Crippen LogP contribution in [0.2, 0.25) is 0 Å². The Kier molecular flexibility index (Phi) is 5.85. The van der Waals surface area contributed by atoms with E-state index in [0.717, 1.165) is 21.2 Å². The normalized spacial score (nSPS) is 10.8. The van der Waals surface area contributed by atoms with Gasteiger partial charge in [0.15, 0.2) is 5.65 Å². The van der Waals surface area contributed by atoms with Crippen molar-refractivity contribution in [3.63, 3.8) is 0 Å². The van der Waals surface area contributed by atoms with Crippen molar-refractivity contribution in [3.8, 4) is 0 Å². The number of amides is 2. The second-order valence-electron chi connectivity index (χ2n) is 6.18. The molecule has 0 saturated carbocycles. The number of benzene rings is 1. The molecule has 0 aliphatic heterocycles. The van der Waals surface area contributed by atoms with Gasteiger partial charge in [0.05, 0.1) is 11.3 Å². The van der Waals surface area contributed by atoms with Crippen molar-refractivity contribution in [2.75, 3.05) is 13.1 Å². The van der Waals surface area contributed by atoms with Crippen LogP contribution in [0.5, 0.6) is 0 Å². The Labute approximate surface area is 165 Å². The molecule has 3 aromatic rings. The third-order valence-corrected chi connectivity index (χ3v) is 4.68. The Bertz CT molecular complexity index is 982. The highest BCUT2D eigenvalue weighted by molar-refractivity contribution is 9.10. The van der Waals surface area contributed by atoms with Crippen LogP contribution >= 0.6 is 15.9 Å². The van der Waals surface area contributed by atoms with Gasteiger partial charge in [0, 0.05) is 41.8 Å². The summed E-state index contributed by atoms with van der Waals surface area (Å²) in [4.78, 5) is 28.6. The number of halogens is 1. The highest BCUT2D eigenvalue weighted by Crippen LogP contribution is 2.16. The Hall–Kier alpha value is -2.74. The van der Waals surface area contributed by atoms with E-state index in [0.29, 0.717) is 30.6 Å². The maximum atomic E-state index is 12.3. The van der Waals surface area contributed by atoms with Crippen molar-refractivity contribution in [1.29, 1.82) is 0 Å². The minimum absolute atomic E-state index is 0.129. The van der Waals surface area contributed by atoms with Crippen molar-refractivity contribution in [1.82, 2.24) is 25.4 Å². The molecule has 0 bridgehead atoms. The van der Waals surface area contributed by atoms with Crippen LogP contribution in [0.25, 0.3) is 11.0 Å². The average molecular weight is 430 g/mol. The number of nitrogens with zero attached hydrogens (tertiary/aromatic N) is 3. The minimum atomic E-state index is -0.188. The summed E-state index contributed by atoms with van der Waals surface area (Å²) >= 11 is 3.34. The molecule has 2 amide bonds. The van der Waals surface area contributed by atoms with E-state index in [-0.39, 0.29) is 11.8 Å². The fraction of sp³-hybridized carbons (Fsp3) is 0.263. The van der Waals surface area contributed by atoms with E-state index in [2.05, 4.69) is 36.6 Å². The molecule has 1 aromatic carbocycles. The standard InChI is InChI=1S/C19H20BrN5O2/c1-12-16-10-14(11-23-17(16)25(2)24-12)19(27)22-9-3-8-21-18(26)13-4-6-15(20)7-5-13/h4-7,10-11H,3,8-9H2,1-2H3,(H,21,26)(H,22,27). The summed E-state index contributed by atoms with van der Waals surface area (Å²) < 4.78 is 2.62. The lowest BCUT2D eigenvalue weighted by Crippen LogP contribution is -2.30. The molecule has 0 aliphatic carbocycles. The second-order valence-corrected chi connectivity index (χ2v) is 7.09. The van der Waals surface area contributed by atoms with Gasteiger partial charge in [-0.05, 0) is 43.7 Å². The van der Waals surface area contributed by atoms with Crippen LogP contribution in [0.3, 0.4) is 0 Å². The number of aromatic nitrogens is 3. The van der Waals surface area contributed by atoms with Gasteiger partial charge in [0.1, 0.15) is 0 Å². The Morgan fingerprint density at radius 1 is 1.07 bits per heavy atom. The lowest BCUT2D eigenvalue weighted by molar-refractivity contribution is 0.0951. The molecule has 0 saturated heterocycles. The van der Waals surface area contributed by atoms with Gasteiger partial charge >= 0.3 is 0 Å². The zero-order chi connectivity index (χ0) is 19.4. The highest BCUT2D eigenvalue weighted by Gasteiger charge is 2.11. The molecule has 0 spiro atoms. The van der Waals surface area contributed by atoms with Gasteiger partial charge in [0.2, 0.25) is 0 Å². The van der Waals surface area contributed by atoms with Crippen LogP contribution in [-0.2, 0) is 7.05 Å². The predicted molar refractivity (Wildman–Crippen MR) is 107 cm³/mol. The number of fused-ring (bicyclic) bond motifs is 1. The van der Waals surface area contributed by atoms with Crippen LogP contribution in [0.4, 0.5) is 0 Å². The zero-order valence-electron chi connectivity index (χ0n) is 15.1. The molecular formula is C19H20BrN5O2. The smallest absolute Gasteiger partial charge is 0.252 e. The predicted octanol–water partition coefficient (Wildman–Crippen LogP) is 2.59. The largest absolute Gasteiger partial charge is 0.352 e. The number of carbonyl (C=O) groups excluding carboxylic acids is 2. The maximum absolute atomic E-state index is 12.3. The lowest BCUT2D eigenvalue weighted by atomic mass is 10.2. The minimum Gasteiger partial charge on any atom is -0.352 e. The molecule has 0 radical (unpaired) electrons. The molecule has 0 fully saturated rings. The first-order valence-corrected chi connectivity index (χ1v) is 9.36. The van der Waals surface area contributed by atoms with E-state index < -0.39 is 0 Å². The number of aryl methyl sites for hydroxylation is 2. The van der Waals surface area contributed by atoms with Gasteiger partial charge in [-0.1, -0.05) is 15.9 Å². The van der Waals surface area contributed by atoms with Crippen molar-refractivity contribution in [3.05, 3.63) is 57.8 Å². The first-order valence-electron chi connectivity index (χ1n) is 8.57. The number of hydrogen-bond acceptors (Lipinski definition) is 4. The number of nitrogens with one attached hydrogen (secondary N) is 2. The fourth-order valence-corrected chi connectivity index (χ4v) is 2.99. The Balaban J connectivity index is 1.46. The van der Waals surface area contributed by atoms with Gasteiger partial charge in [-0.25, -0.2) is 4.98 Å². The monoisotopic (exact) mass is 429 g/mol. The van der Waals surface area contributed by atoms with E-state index in [1.165, 1.54) is 0 Å². The van der Waals surface area contributed by atoms with Gasteiger partial charge < -0.3 is 10.6 Å². The summed E-state index contributed by atoms with van der Waals surface area (Å²) in [7, 11) is 1.82. The van der Waals surface area contributed by atoms with Crippen molar-refractivity contribution in [2.45, 2.75) is 13.3 Å². The molecule has 3 rings (SSSR count). The number of pyridine rings is 1. The molecule has 140 valence electrons. The van der Waals surface area contributed by atoms with Crippen molar-refractivity contribution >= 4 is 38.8 Å². The highest BCUT2D eigenvalue weighted by atomic mass is 79.9. The van der Waals surface area contributed by atoms with E-state index >= 15 is 0 Å². The summed E-state index contributed by atoms with van der Waals surface area (Å²) in [6.45, 7) is 2.83. The van der Waals surface area contributed by atoms with Gasteiger partial charge in [-0.2, -0.15) is 5.10 Å². The van der Waals surface area contributed by atoms with Gasteiger partial charge in [0.25, 0.3) is 11.8 Å². The molecule has 0 unspecified atom stereocenters. The van der Waals surface area contributed by atoms with Gasteiger partial charge in [-0.3, -0.25) is 14.3 Å². The lowest BCUT2D eigenvalue weighted by Gasteiger charge is -2.07. The molecule has 2 N–H and O–H groups in total. The Morgan fingerprint density at radius 3 is 2.37 bits per heavy atom. The maximum Gasteiger partial charge on any atom is 0.252 e.